The molecule has 0 unspecified atom stereocenters. The average Bonchev–Trinajstić information content (AvgIpc) is 2.49. The Hall–Kier alpha value is -0.216. The minimum absolute atomic E-state index is 0.0757. The molecule has 0 atom stereocenters. The normalized spacial score (nSPS) is 12.6. The van der Waals surface area contributed by atoms with E-state index in [9.17, 15) is 4.79 Å². The highest BCUT2D eigenvalue weighted by Gasteiger charge is 2.30. The van der Waals surface area contributed by atoms with Gasteiger partial charge in [0.2, 0.25) is 0 Å². The van der Waals surface area contributed by atoms with Crippen LogP contribution in [-0.2, 0) is 18.4 Å². The second-order valence-electron chi connectivity index (χ2n) is 7.52. The lowest BCUT2D eigenvalue weighted by Gasteiger charge is -2.34. The quantitative estimate of drug-likeness (QED) is 0.235. The maximum absolute atomic E-state index is 11.5. The van der Waals surface area contributed by atoms with E-state index in [1.807, 2.05) is 20.8 Å². The maximum atomic E-state index is 11.5. The van der Waals surface area contributed by atoms with E-state index >= 15 is 0 Å². The number of nitrogens with zero attached hydrogens (tertiary/aromatic N) is 1. The Morgan fingerprint density at radius 3 is 1.88 bits per heavy atom. The van der Waals surface area contributed by atoms with Gasteiger partial charge in [-0.05, 0) is 59.3 Å². The summed E-state index contributed by atoms with van der Waals surface area (Å²) in [7, 11) is -3.36. The first-order valence-electron chi connectivity index (χ1n) is 9.87. The molecule has 0 aromatic carbocycles. The van der Waals surface area contributed by atoms with Crippen molar-refractivity contribution in [2.24, 2.45) is 0 Å². The van der Waals surface area contributed by atoms with Crippen molar-refractivity contribution in [1.29, 1.82) is 0 Å². The first kappa shape index (κ1) is 24.8. The lowest BCUT2D eigenvalue weighted by molar-refractivity contribution is -0.143. The van der Waals surface area contributed by atoms with Gasteiger partial charge in [0.25, 0.3) is 0 Å². The van der Waals surface area contributed by atoms with Gasteiger partial charge in [-0.2, -0.15) is 0 Å². The molecule has 150 valence electrons. The molecule has 0 aromatic heterocycles. The molecule has 0 saturated carbocycles. The van der Waals surface area contributed by atoms with Crippen molar-refractivity contribution in [3.8, 4) is 0 Å². The summed E-state index contributed by atoms with van der Waals surface area (Å²) in [6, 6.07) is 1.05. The van der Waals surface area contributed by atoms with E-state index in [4.69, 9.17) is 13.6 Å². The number of carbonyl (C=O) groups is 1. The Bertz CT molecular complexity index is 355. The number of hydrogen-bond acceptors (Lipinski definition) is 5. The summed E-state index contributed by atoms with van der Waals surface area (Å²) in [4.78, 5) is 11.5. The minimum atomic E-state index is -1.99. The molecular formula is C18H41NO4Si2. The van der Waals surface area contributed by atoms with Gasteiger partial charge >= 0.3 is 14.5 Å². The van der Waals surface area contributed by atoms with Crippen molar-refractivity contribution >= 4 is 22.8 Å². The molecule has 0 bridgehead atoms. The molecule has 0 aliphatic carbocycles. The molecule has 0 radical (unpaired) electrons. The van der Waals surface area contributed by atoms with Gasteiger partial charge < -0.3 is 18.2 Å². The van der Waals surface area contributed by atoms with E-state index < -0.39 is 16.8 Å². The third-order valence-electron chi connectivity index (χ3n) is 4.27. The van der Waals surface area contributed by atoms with Gasteiger partial charge in [0.05, 0.1) is 6.61 Å². The fraction of sp³-hybridized carbons (Fsp3) is 0.944. The number of carbonyl (C=O) groups excluding carboxylic acids is 1. The molecule has 0 fully saturated rings. The zero-order valence-electron chi connectivity index (χ0n) is 17.7. The van der Waals surface area contributed by atoms with Crippen LogP contribution in [0.25, 0.3) is 0 Å². The van der Waals surface area contributed by atoms with Gasteiger partial charge in [-0.25, -0.2) is 0 Å². The number of unbranched alkanes of at least 4 members (excludes halogenated alkanes) is 1. The summed E-state index contributed by atoms with van der Waals surface area (Å²) < 4.78 is 19.5. The molecule has 25 heavy (non-hydrogen) atoms. The summed E-state index contributed by atoms with van der Waals surface area (Å²) in [5.41, 5.74) is 0. The van der Waals surface area contributed by atoms with E-state index in [1.165, 1.54) is 0 Å². The summed E-state index contributed by atoms with van der Waals surface area (Å²) in [5.74, 6) is -0.0757. The van der Waals surface area contributed by atoms with Gasteiger partial charge in [0, 0.05) is 19.6 Å². The zero-order chi connectivity index (χ0) is 19.3. The second-order valence-corrected chi connectivity index (χ2v) is 15.8. The Morgan fingerprint density at radius 1 is 0.840 bits per heavy atom. The van der Waals surface area contributed by atoms with Crippen molar-refractivity contribution < 1.29 is 18.4 Å². The first-order chi connectivity index (χ1) is 11.7. The number of esters is 1. The predicted molar refractivity (Wildman–Crippen MR) is 110 cm³/mol. The molecule has 5 nitrogen and oxygen atoms in total. The van der Waals surface area contributed by atoms with Gasteiger partial charge in [0.1, 0.15) is 8.24 Å². The molecule has 0 aromatic rings. The smallest absolute Gasteiger partial charge is 0.334 e. The van der Waals surface area contributed by atoms with Crippen molar-refractivity contribution in [2.75, 3.05) is 32.9 Å². The Labute approximate surface area is 157 Å². The lowest BCUT2D eigenvalue weighted by Crippen LogP contribution is -2.47. The van der Waals surface area contributed by atoms with Crippen molar-refractivity contribution in [1.82, 2.24) is 4.57 Å². The standard InChI is InChI=1S/C18H41NO4Si2/c1-8-21-18(20)14-13-16-19(24(4,5)6)15-11-12-17-25(7,22-9-2)23-10-3/h8-17H2,1-7H3. The zero-order valence-corrected chi connectivity index (χ0v) is 19.7. The van der Waals surface area contributed by atoms with Crippen LogP contribution in [0.15, 0.2) is 0 Å². The Balaban J connectivity index is 4.29. The van der Waals surface area contributed by atoms with Crippen LogP contribution < -0.4 is 0 Å². The number of hydrogen-bond donors (Lipinski definition) is 0. The second kappa shape index (κ2) is 13.0. The van der Waals surface area contributed by atoms with Crippen LogP contribution in [0.4, 0.5) is 0 Å². The van der Waals surface area contributed by atoms with Crippen LogP contribution in [-0.4, -0.2) is 60.2 Å². The fourth-order valence-corrected chi connectivity index (χ4v) is 7.12. The van der Waals surface area contributed by atoms with Crippen LogP contribution in [0.3, 0.4) is 0 Å². The third kappa shape index (κ3) is 11.9. The van der Waals surface area contributed by atoms with Gasteiger partial charge in [-0.1, -0.05) is 26.1 Å². The minimum Gasteiger partial charge on any atom is -0.466 e. The van der Waals surface area contributed by atoms with Crippen LogP contribution in [0, 0.1) is 0 Å². The largest absolute Gasteiger partial charge is 0.466 e. The van der Waals surface area contributed by atoms with Crippen LogP contribution in [0.2, 0.25) is 32.2 Å². The molecule has 0 aliphatic heterocycles. The molecule has 0 aliphatic rings. The third-order valence-corrected chi connectivity index (χ3v) is 9.68. The van der Waals surface area contributed by atoms with Crippen molar-refractivity contribution in [3.63, 3.8) is 0 Å². The van der Waals surface area contributed by atoms with E-state index in [0.29, 0.717) is 13.0 Å². The molecule has 0 spiro atoms. The average molecular weight is 392 g/mol. The van der Waals surface area contributed by atoms with E-state index in [2.05, 4.69) is 30.8 Å². The highest BCUT2D eigenvalue weighted by molar-refractivity contribution is 6.73. The van der Waals surface area contributed by atoms with E-state index in [0.717, 1.165) is 51.6 Å². The van der Waals surface area contributed by atoms with E-state index in [1.54, 1.807) is 0 Å². The summed E-state index contributed by atoms with van der Waals surface area (Å²) >= 11 is 0. The van der Waals surface area contributed by atoms with Crippen molar-refractivity contribution in [3.05, 3.63) is 0 Å². The van der Waals surface area contributed by atoms with Crippen molar-refractivity contribution in [2.45, 2.75) is 78.7 Å². The molecule has 0 saturated heterocycles. The number of ether oxygens (including phenoxy) is 1. The van der Waals surface area contributed by atoms with E-state index in [-0.39, 0.29) is 5.97 Å². The molecule has 0 heterocycles. The van der Waals surface area contributed by atoms with Gasteiger partial charge in [0.15, 0.2) is 0 Å². The number of rotatable bonds is 15. The van der Waals surface area contributed by atoms with Crippen LogP contribution in [0.1, 0.15) is 46.5 Å². The summed E-state index contributed by atoms with van der Waals surface area (Å²) in [6.07, 6.45) is 3.70. The first-order valence-corrected chi connectivity index (χ1v) is 15.8. The van der Waals surface area contributed by atoms with Gasteiger partial charge in [-0.3, -0.25) is 4.79 Å². The fourth-order valence-electron chi connectivity index (χ4n) is 2.98. The molecule has 0 amide bonds. The highest BCUT2D eigenvalue weighted by Crippen LogP contribution is 2.19. The lowest BCUT2D eigenvalue weighted by atomic mass is 10.3. The topological polar surface area (TPSA) is 48.0 Å². The summed E-state index contributed by atoms with van der Waals surface area (Å²) in [5, 5.41) is 0. The SMILES string of the molecule is CCOC(=O)CCCN(CCCC[Si](C)(OCC)OCC)[Si](C)(C)C. The monoisotopic (exact) mass is 391 g/mol. The maximum Gasteiger partial charge on any atom is 0.334 e. The Kier molecular flexibility index (Phi) is 12.9. The van der Waals surface area contributed by atoms with Gasteiger partial charge in [-0.15, -0.1) is 0 Å². The van der Waals surface area contributed by atoms with Crippen LogP contribution in [0.5, 0.6) is 0 Å². The molecular weight excluding hydrogens is 350 g/mol. The predicted octanol–water partition coefficient (Wildman–Crippen LogP) is 4.39. The molecule has 0 rings (SSSR count). The molecule has 0 N–H and O–H groups in total. The highest BCUT2D eigenvalue weighted by atomic mass is 28.4. The van der Waals surface area contributed by atoms with Crippen LogP contribution >= 0.6 is 0 Å². The summed E-state index contributed by atoms with van der Waals surface area (Å²) in [6.45, 7) is 19.3. The molecule has 7 heteroatoms. The Morgan fingerprint density at radius 2 is 1.40 bits per heavy atom.